The van der Waals surface area contributed by atoms with E-state index >= 15 is 0 Å². The smallest absolute Gasteiger partial charge is 0.163 e. The number of hydrogen-bond donors (Lipinski definition) is 1. The molecule has 94 valence electrons. The van der Waals surface area contributed by atoms with Gasteiger partial charge in [0.2, 0.25) is 0 Å². The summed E-state index contributed by atoms with van der Waals surface area (Å²) in [7, 11) is 0. The molecule has 3 heterocycles. The van der Waals surface area contributed by atoms with E-state index in [1.807, 2.05) is 12.1 Å². The molecule has 0 saturated carbocycles. The molecule has 18 heavy (non-hydrogen) atoms. The molecule has 1 aromatic rings. The molecular weight excluding hydrogens is 224 g/mol. The van der Waals surface area contributed by atoms with Crippen LogP contribution in [-0.4, -0.2) is 30.2 Å². The van der Waals surface area contributed by atoms with Crippen LogP contribution in [0.15, 0.2) is 18.3 Å². The van der Waals surface area contributed by atoms with Crippen LogP contribution >= 0.6 is 0 Å². The van der Waals surface area contributed by atoms with Crippen molar-refractivity contribution in [1.29, 1.82) is 5.26 Å². The van der Waals surface area contributed by atoms with Gasteiger partial charge in [0.1, 0.15) is 6.07 Å². The molecule has 1 N–H and O–H groups in total. The average Bonchev–Trinajstić information content (AvgIpc) is 2.92. The van der Waals surface area contributed by atoms with Crippen molar-refractivity contribution >= 4 is 5.69 Å². The fraction of sp³-hybridized carbons (Fsp3) is 0.571. The van der Waals surface area contributed by atoms with E-state index in [0.29, 0.717) is 17.5 Å². The first-order chi connectivity index (χ1) is 8.64. The molecule has 0 bridgehead atoms. The van der Waals surface area contributed by atoms with E-state index < -0.39 is 0 Å². The zero-order valence-electron chi connectivity index (χ0n) is 10.8. The van der Waals surface area contributed by atoms with Crippen LogP contribution in [0.25, 0.3) is 0 Å². The lowest BCUT2D eigenvalue weighted by atomic mass is 9.84. The Hall–Kier alpha value is -1.60. The van der Waals surface area contributed by atoms with E-state index in [2.05, 4.69) is 35.1 Å². The summed E-state index contributed by atoms with van der Waals surface area (Å²) in [5.41, 5.74) is 1.61. The first-order valence-corrected chi connectivity index (χ1v) is 6.48. The van der Waals surface area contributed by atoms with Gasteiger partial charge in [-0.25, -0.2) is 4.98 Å². The van der Waals surface area contributed by atoms with E-state index in [9.17, 15) is 5.26 Å². The Morgan fingerprint density at radius 1 is 1.50 bits per heavy atom. The van der Waals surface area contributed by atoms with Crippen molar-refractivity contribution in [3.8, 4) is 6.07 Å². The highest BCUT2D eigenvalue weighted by molar-refractivity contribution is 5.58. The summed E-state index contributed by atoms with van der Waals surface area (Å²) < 4.78 is 0. The Kier molecular flexibility index (Phi) is 2.53. The monoisotopic (exact) mass is 242 g/mol. The van der Waals surface area contributed by atoms with Crippen molar-refractivity contribution in [3.05, 3.63) is 24.0 Å². The van der Waals surface area contributed by atoms with Gasteiger partial charge in [0.25, 0.3) is 0 Å². The molecule has 0 radical (unpaired) electrons. The maximum Gasteiger partial charge on any atom is 0.163 e. The lowest BCUT2D eigenvalue weighted by Gasteiger charge is -2.37. The highest BCUT2D eigenvalue weighted by Gasteiger charge is 2.50. The van der Waals surface area contributed by atoms with E-state index in [1.165, 1.54) is 0 Å². The van der Waals surface area contributed by atoms with Gasteiger partial charge < -0.3 is 10.2 Å². The number of nitrogens with one attached hydrogen (secondary N) is 1. The Bertz CT molecular complexity index is 503. The topological polar surface area (TPSA) is 52.0 Å². The van der Waals surface area contributed by atoms with Crippen LogP contribution in [0.4, 0.5) is 5.69 Å². The van der Waals surface area contributed by atoms with Gasteiger partial charge in [-0.1, -0.05) is 0 Å². The number of rotatable bonds is 1. The molecule has 2 aliphatic rings. The van der Waals surface area contributed by atoms with Gasteiger partial charge in [-0.15, -0.1) is 0 Å². The van der Waals surface area contributed by atoms with Crippen LogP contribution < -0.4 is 10.2 Å². The van der Waals surface area contributed by atoms with Crippen LogP contribution in [0.2, 0.25) is 0 Å². The van der Waals surface area contributed by atoms with Gasteiger partial charge in [-0.2, -0.15) is 5.26 Å². The van der Waals surface area contributed by atoms with Crippen molar-refractivity contribution in [2.24, 2.45) is 11.8 Å². The third kappa shape index (κ3) is 1.51. The number of nitriles is 1. The normalized spacial score (nSPS) is 29.1. The molecular formula is C14H18N4. The summed E-state index contributed by atoms with van der Waals surface area (Å²) in [6.07, 6.45) is 1.69. The second kappa shape index (κ2) is 3.96. The first-order valence-electron chi connectivity index (χ1n) is 6.48. The minimum atomic E-state index is 0.0861. The number of aromatic nitrogens is 1. The highest BCUT2D eigenvalue weighted by Crippen LogP contribution is 2.43. The number of pyridine rings is 1. The number of nitrogens with zero attached hydrogens (tertiary/aromatic N) is 3. The van der Waals surface area contributed by atoms with Crippen molar-refractivity contribution in [1.82, 2.24) is 10.3 Å². The lowest BCUT2D eigenvalue weighted by Crippen LogP contribution is -2.45. The van der Waals surface area contributed by atoms with E-state index in [0.717, 1.165) is 25.3 Å². The number of hydrogen-bond acceptors (Lipinski definition) is 4. The fourth-order valence-electron chi connectivity index (χ4n) is 3.53. The standard InChI is InChI=1S/C14H18N4/c1-14(2)11-8-16-7-10(11)9-18(14)13-4-3-5-17-12(13)6-15/h3-5,10-11,16H,7-9H2,1-2H3. The van der Waals surface area contributed by atoms with Gasteiger partial charge in [-0.3, -0.25) is 0 Å². The molecule has 4 nitrogen and oxygen atoms in total. The molecule has 2 saturated heterocycles. The van der Waals surface area contributed by atoms with Gasteiger partial charge >= 0.3 is 0 Å². The maximum absolute atomic E-state index is 9.20. The van der Waals surface area contributed by atoms with Crippen LogP contribution in [0.3, 0.4) is 0 Å². The highest BCUT2D eigenvalue weighted by atomic mass is 15.3. The fourth-order valence-corrected chi connectivity index (χ4v) is 3.53. The molecule has 4 heteroatoms. The van der Waals surface area contributed by atoms with E-state index in [-0.39, 0.29) is 5.54 Å². The quantitative estimate of drug-likeness (QED) is 0.808. The van der Waals surface area contributed by atoms with Crippen molar-refractivity contribution in [2.45, 2.75) is 19.4 Å². The van der Waals surface area contributed by atoms with Crippen LogP contribution in [0, 0.1) is 23.2 Å². The van der Waals surface area contributed by atoms with E-state index in [1.54, 1.807) is 6.20 Å². The predicted octanol–water partition coefficient (Wildman–Crippen LogP) is 1.39. The minimum absolute atomic E-state index is 0.0861. The second-order valence-electron chi connectivity index (χ2n) is 5.77. The average molecular weight is 242 g/mol. The van der Waals surface area contributed by atoms with Crippen molar-refractivity contribution in [2.75, 3.05) is 24.5 Å². The molecule has 0 amide bonds. The molecule has 0 spiro atoms. The zero-order valence-corrected chi connectivity index (χ0v) is 10.8. The SMILES string of the molecule is CC1(C)C2CNCC2CN1c1cccnc1C#N. The Morgan fingerprint density at radius 2 is 2.33 bits per heavy atom. The van der Waals surface area contributed by atoms with Gasteiger partial charge in [0, 0.05) is 31.4 Å². The Morgan fingerprint density at radius 3 is 3.06 bits per heavy atom. The Balaban J connectivity index is 2.01. The number of anilines is 1. The molecule has 0 aliphatic carbocycles. The summed E-state index contributed by atoms with van der Waals surface area (Å²) in [6.45, 7) is 7.74. The van der Waals surface area contributed by atoms with Gasteiger partial charge in [0.05, 0.1) is 5.69 Å². The van der Waals surface area contributed by atoms with Crippen molar-refractivity contribution in [3.63, 3.8) is 0 Å². The molecule has 2 aliphatic heterocycles. The predicted molar refractivity (Wildman–Crippen MR) is 70.2 cm³/mol. The zero-order chi connectivity index (χ0) is 12.8. The summed E-state index contributed by atoms with van der Waals surface area (Å²) in [5.74, 6) is 1.34. The van der Waals surface area contributed by atoms with Gasteiger partial charge in [0.15, 0.2) is 5.69 Å². The largest absolute Gasteiger partial charge is 0.363 e. The summed E-state index contributed by atoms with van der Waals surface area (Å²) in [4.78, 5) is 6.55. The molecule has 2 unspecified atom stereocenters. The van der Waals surface area contributed by atoms with Crippen molar-refractivity contribution < 1.29 is 0 Å². The summed E-state index contributed by atoms with van der Waals surface area (Å²) >= 11 is 0. The maximum atomic E-state index is 9.20. The third-order valence-electron chi connectivity index (χ3n) is 4.54. The number of fused-ring (bicyclic) bond motifs is 1. The first kappa shape index (κ1) is 11.5. The lowest BCUT2D eigenvalue weighted by molar-refractivity contribution is 0.357. The molecule has 2 atom stereocenters. The second-order valence-corrected chi connectivity index (χ2v) is 5.77. The molecule has 0 aromatic carbocycles. The van der Waals surface area contributed by atoms with Crippen LogP contribution in [-0.2, 0) is 0 Å². The van der Waals surface area contributed by atoms with Crippen LogP contribution in [0.1, 0.15) is 19.5 Å². The molecule has 2 fully saturated rings. The summed E-state index contributed by atoms with van der Waals surface area (Å²) in [6, 6.07) is 6.14. The molecule has 3 rings (SSSR count). The van der Waals surface area contributed by atoms with E-state index in [4.69, 9.17) is 0 Å². The minimum Gasteiger partial charge on any atom is -0.363 e. The molecule has 1 aromatic heterocycles. The summed E-state index contributed by atoms with van der Waals surface area (Å²) in [5, 5.41) is 12.7. The Labute approximate surface area is 108 Å². The third-order valence-corrected chi connectivity index (χ3v) is 4.54. The van der Waals surface area contributed by atoms with Gasteiger partial charge in [-0.05, 0) is 37.8 Å². The van der Waals surface area contributed by atoms with Crippen LogP contribution in [0.5, 0.6) is 0 Å².